The second kappa shape index (κ2) is 11.3. The molecule has 0 atom stereocenters. The minimum atomic E-state index is -0.614. The SMILES string of the molecule is Cn1c(Nc2ccccc2)ncc(-c2ccc(Oc3ccnc4cc(Cc5ccc(C(N)=O)cc5)sc34)c(F)c2)c1=O. The first-order valence-electron chi connectivity index (χ1n) is 13.0. The lowest BCUT2D eigenvalue weighted by atomic mass is 10.1. The van der Waals surface area contributed by atoms with Crippen molar-refractivity contribution in [1.29, 1.82) is 0 Å². The molecule has 0 bridgehead atoms. The van der Waals surface area contributed by atoms with Crippen molar-refractivity contribution < 1.29 is 13.9 Å². The summed E-state index contributed by atoms with van der Waals surface area (Å²) < 4.78 is 23.5. The molecule has 0 fully saturated rings. The lowest BCUT2D eigenvalue weighted by Crippen LogP contribution is -2.22. The second-order valence-electron chi connectivity index (χ2n) is 9.57. The highest BCUT2D eigenvalue weighted by atomic mass is 32.1. The van der Waals surface area contributed by atoms with Gasteiger partial charge < -0.3 is 15.8 Å². The molecule has 6 rings (SSSR count). The molecular weight excluding hydrogens is 553 g/mol. The number of halogens is 1. The van der Waals surface area contributed by atoms with Crippen LogP contribution in [0.15, 0.2) is 102 Å². The Bertz CT molecular complexity index is 1990. The summed E-state index contributed by atoms with van der Waals surface area (Å²) in [6, 6.07) is 24.6. The molecule has 10 heteroatoms. The van der Waals surface area contributed by atoms with Gasteiger partial charge in [-0.15, -0.1) is 11.3 Å². The van der Waals surface area contributed by atoms with Crippen molar-refractivity contribution in [3.63, 3.8) is 0 Å². The number of carbonyl (C=O) groups is 1. The van der Waals surface area contributed by atoms with Crippen molar-refractivity contribution in [1.82, 2.24) is 14.5 Å². The standard InChI is InChI=1S/C32H24FN5O3S/c1-38-31(40)24(18-36-32(38)37-22-5-3-2-4-6-22)21-11-12-27(25(33)16-21)41-28-13-14-35-26-17-23(42-29(26)28)15-19-7-9-20(10-8-19)30(34)39/h2-14,16-18H,15H2,1H3,(H2,34,39)(H,36,37). The molecule has 3 heterocycles. The first-order valence-corrected chi connectivity index (χ1v) is 13.8. The predicted octanol–water partition coefficient (Wildman–Crippen LogP) is 6.42. The Balaban J connectivity index is 1.23. The highest BCUT2D eigenvalue weighted by Gasteiger charge is 2.15. The minimum Gasteiger partial charge on any atom is -0.453 e. The number of fused-ring (bicyclic) bond motifs is 1. The average Bonchev–Trinajstić information content (AvgIpc) is 3.41. The van der Waals surface area contributed by atoms with Crippen LogP contribution in [0, 0.1) is 5.82 Å². The zero-order valence-corrected chi connectivity index (χ0v) is 23.2. The number of para-hydroxylation sites is 1. The Morgan fingerprint density at radius 1 is 1.00 bits per heavy atom. The van der Waals surface area contributed by atoms with E-state index >= 15 is 4.39 Å². The average molecular weight is 578 g/mol. The summed E-state index contributed by atoms with van der Waals surface area (Å²) >= 11 is 1.50. The molecule has 3 aromatic heterocycles. The predicted molar refractivity (Wildman–Crippen MR) is 162 cm³/mol. The first-order chi connectivity index (χ1) is 20.4. The molecule has 3 aromatic carbocycles. The van der Waals surface area contributed by atoms with Crippen LogP contribution < -0.4 is 21.3 Å². The van der Waals surface area contributed by atoms with Gasteiger partial charge in [-0.05, 0) is 53.6 Å². The van der Waals surface area contributed by atoms with Crippen LogP contribution >= 0.6 is 11.3 Å². The van der Waals surface area contributed by atoms with Gasteiger partial charge in [-0.1, -0.05) is 36.4 Å². The van der Waals surface area contributed by atoms with Crippen LogP contribution in [0.1, 0.15) is 20.8 Å². The van der Waals surface area contributed by atoms with Crippen LogP contribution in [-0.2, 0) is 13.5 Å². The smallest absolute Gasteiger partial charge is 0.262 e. The fourth-order valence-corrected chi connectivity index (χ4v) is 5.60. The second-order valence-corrected chi connectivity index (χ2v) is 10.7. The Kier molecular flexibility index (Phi) is 7.20. The van der Waals surface area contributed by atoms with E-state index in [-0.39, 0.29) is 16.9 Å². The third-order valence-corrected chi connectivity index (χ3v) is 7.84. The molecule has 6 aromatic rings. The molecule has 8 nitrogen and oxygen atoms in total. The summed E-state index contributed by atoms with van der Waals surface area (Å²) in [4.78, 5) is 34.3. The zero-order chi connectivity index (χ0) is 29.2. The Morgan fingerprint density at radius 2 is 1.79 bits per heavy atom. The van der Waals surface area contributed by atoms with Crippen LogP contribution in [0.5, 0.6) is 11.5 Å². The van der Waals surface area contributed by atoms with Gasteiger partial charge in [-0.3, -0.25) is 19.1 Å². The number of rotatable bonds is 8. The van der Waals surface area contributed by atoms with Crippen LogP contribution in [0.4, 0.5) is 16.0 Å². The Labute approximate surface area is 243 Å². The zero-order valence-electron chi connectivity index (χ0n) is 22.4. The van der Waals surface area contributed by atoms with E-state index in [9.17, 15) is 9.59 Å². The van der Waals surface area contributed by atoms with Gasteiger partial charge in [0.2, 0.25) is 11.9 Å². The fourth-order valence-electron chi connectivity index (χ4n) is 4.50. The number of carbonyl (C=O) groups excluding carboxylic acids is 1. The maximum atomic E-state index is 15.3. The van der Waals surface area contributed by atoms with Crippen molar-refractivity contribution in [2.45, 2.75) is 6.42 Å². The Hall–Kier alpha value is -5.35. The number of pyridine rings is 1. The van der Waals surface area contributed by atoms with E-state index in [1.165, 1.54) is 34.2 Å². The summed E-state index contributed by atoms with van der Waals surface area (Å²) in [5, 5.41) is 3.11. The fraction of sp³-hybridized carbons (Fsp3) is 0.0625. The van der Waals surface area contributed by atoms with Crippen LogP contribution in [-0.4, -0.2) is 20.4 Å². The maximum absolute atomic E-state index is 15.3. The quantitative estimate of drug-likeness (QED) is 0.216. The molecule has 0 aliphatic heterocycles. The molecule has 0 aliphatic rings. The molecule has 208 valence electrons. The Morgan fingerprint density at radius 3 is 2.52 bits per heavy atom. The van der Waals surface area contributed by atoms with Crippen LogP contribution in [0.2, 0.25) is 0 Å². The molecule has 0 saturated carbocycles. The normalized spacial score (nSPS) is 11.0. The summed E-state index contributed by atoms with van der Waals surface area (Å²) in [5.74, 6) is -0.216. The summed E-state index contributed by atoms with van der Waals surface area (Å²) in [6.07, 6.45) is 3.68. The molecule has 0 spiro atoms. The summed E-state index contributed by atoms with van der Waals surface area (Å²) in [5.41, 5.74) is 8.66. The van der Waals surface area contributed by atoms with Gasteiger partial charge in [-0.25, -0.2) is 9.37 Å². The van der Waals surface area contributed by atoms with Crippen molar-refractivity contribution in [3.05, 3.63) is 129 Å². The van der Waals surface area contributed by atoms with Gasteiger partial charge in [0.15, 0.2) is 11.6 Å². The monoisotopic (exact) mass is 577 g/mol. The number of benzene rings is 3. The van der Waals surface area contributed by atoms with Gasteiger partial charge in [0.1, 0.15) is 5.75 Å². The van der Waals surface area contributed by atoms with E-state index in [0.29, 0.717) is 29.2 Å². The van der Waals surface area contributed by atoms with E-state index in [2.05, 4.69) is 15.3 Å². The first kappa shape index (κ1) is 26.9. The summed E-state index contributed by atoms with van der Waals surface area (Å²) in [6.45, 7) is 0. The van der Waals surface area contributed by atoms with Crippen molar-refractivity contribution in [3.8, 4) is 22.6 Å². The van der Waals surface area contributed by atoms with Crippen molar-refractivity contribution in [2.75, 3.05) is 5.32 Å². The maximum Gasteiger partial charge on any atom is 0.262 e. The van der Waals surface area contributed by atoms with E-state index in [0.717, 1.165) is 26.3 Å². The lowest BCUT2D eigenvalue weighted by Gasteiger charge is -2.12. The number of thiophene rings is 1. The number of nitrogens with one attached hydrogen (secondary N) is 1. The number of nitrogens with two attached hydrogens (primary N) is 1. The van der Waals surface area contributed by atoms with Gasteiger partial charge >= 0.3 is 0 Å². The largest absolute Gasteiger partial charge is 0.453 e. The molecule has 0 radical (unpaired) electrons. The molecule has 1 amide bonds. The number of aromatic nitrogens is 3. The van der Waals surface area contributed by atoms with Gasteiger partial charge in [-0.2, -0.15) is 0 Å². The number of hydrogen-bond acceptors (Lipinski definition) is 7. The molecule has 0 saturated heterocycles. The topological polar surface area (TPSA) is 112 Å². The molecule has 0 aliphatic carbocycles. The van der Waals surface area contributed by atoms with Gasteiger partial charge in [0.25, 0.3) is 5.56 Å². The van der Waals surface area contributed by atoms with Crippen molar-refractivity contribution >= 4 is 39.1 Å². The molecule has 3 N–H and O–H groups in total. The third kappa shape index (κ3) is 5.48. The van der Waals surface area contributed by atoms with Crippen molar-refractivity contribution in [2.24, 2.45) is 12.8 Å². The van der Waals surface area contributed by atoms with Gasteiger partial charge in [0.05, 0.1) is 15.8 Å². The lowest BCUT2D eigenvalue weighted by molar-refractivity contribution is 0.100. The van der Waals surface area contributed by atoms with E-state index in [4.69, 9.17) is 10.5 Å². The van der Waals surface area contributed by atoms with E-state index in [1.54, 1.807) is 37.5 Å². The highest BCUT2D eigenvalue weighted by Crippen LogP contribution is 2.37. The number of anilines is 2. The van der Waals surface area contributed by atoms with Crippen LogP contribution in [0.25, 0.3) is 21.3 Å². The summed E-state index contributed by atoms with van der Waals surface area (Å²) in [7, 11) is 1.61. The van der Waals surface area contributed by atoms with Gasteiger partial charge in [0, 0.05) is 48.1 Å². The molecule has 42 heavy (non-hydrogen) atoms. The number of ether oxygens (including phenoxy) is 1. The third-order valence-electron chi connectivity index (χ3n) is 6.71. The van der Waals surface area contributed by atoms with Crippen LogP contribution in [0.3, 0.4) is 0 Å². The number of amides is 1. The van der Waals surface area contributed by atoms with E-state index in [1.807, 2.05) is 48.5 Å². The number of nitrogens with zero attached hydrogens (tertiary/aromatic N) is 3. The highest BCUT2D eigenvalue weighted by molar-refractivity contribution is 7.19. The van der Waals surface area contributed by atoms with E-state index < -0.39 is 11.7 Å². The number of primary amides is 1. The molecule has 0 unspecified atom stereocenters. The number of hydrogen-bond donors (Lipinski definition) is 2. The molecular formula is C32H24FN5O3S. The minimum absolute atomic E-state index is 0.0235.